The van der Waals surface area contributed by atoms with Gasteiger partial charge in [0.25, 0.3) is 0 Å². The highest BCUT2D eigenvalue weighted by atomic mass is 32.1. The number of aromatic amines is 1. The van der Waals surface area contributed by atoms with Crippen molar-refractivity contribution < 1.29 is 0 Å². The Labute approximate surface area is 124 Å². The summed E-state index contributed by atoms with van der Waals surface area (Å²) in [5.41, 5.74) is 2.39. The number of aryl methyl sites for hydroxylation is 1. The molecule has 5 heteroatoms. The highest BCUT2D eigenvalue weighted by Gasteiger charge is 2.11. The van der Waals surface area contributed by atoms with E-state index < -0.39 is 0 Å². The maximum absolute atomic E-state index is 5.31. The number of rotatable bonds is 3. The van der Waals surface area contributed by atoms with Gasteiger partial charge in [-0.1, -0.05) is 6.92 Å². The Morgan fingerprint density at radius 2 is 1.75 bits per heavy atom. The largest absolute Gasteiger partial charge is 0.372 e. The van der Waals surface area contributed by atoms with Crippen molar-refractivity contribution in [1.29, 1.82) is 0 Å². The molecule has 1 aromatic carbocycles. The molecule has 2 heterocycles. The first-order chi connectivity index (χ1) is 9.79. The Hall–Kier alpha value is -1.62. The van der Waals surface area contributed by atoms with Crippen LogP contribution in [0.15, 0.2) is 24.3 Å². The molecule has 0 radical (unpaired) electrons. The Morgan fingerprint density at radius 1 is 1.10 bits per heavy atom. The van der Waals surface area contributed by atoms with Crippen LogP contribution in [0.4, 0.5) is 5.69 Å². The second kappa shape index (κ2) is 5.79. The van der Waals surface area contributed by atoms with Crippen LogP contribution < -0.4 is 4.90 Å². The van der Waals surface area contributed by atoms with Gasteiger partial charge in [0.1, 0.15) is 5.82 Å². The van der Waals surface area contributed by atoms with Crippen LogP contribution in [0.3, 0.4) is 0 Å². The second-order valence-corrected chi connectivity index (χ2v) is 5.58. The van der Waals surface area contributed by atoms with Crippen LogP contribution in [0.1, 0.15) is 32.0 Å². The Morgan fingerprint density at radius 3 is 2.40 bits per heavy atom. The normalized spacial score (nSPS) is 15.6. The summed E-state index contributed by atoms with van der Waals surface area (Å²) in [7, 11) is 0. The van der Waals surface area contributed by atoms with Crippen LogP contribution >= 0.6 is 12.2 Å². The molecule has 1 N–H and O–H groups in total. The van der Waals surface area contributed by atoms with E-state index in [9.17, 15) is 0 Å². The molecule has 0 amide bonds. The third-order valence-corrected chi connectivity index (χ3v) is 4.16. The molecule has 0 bridgehead atoms. The maximum Gasteiger partial charge on any atom is 0.199 e. The third kappa shape index (κ3) is 2.50. The van der Waals surface area contributed by atoms with Crippen molar-refractivity contribution in [1.82, 2.24) is 14.8 Å². The van der Waals surface area contributed by atoms with Gasteiger partial charge in [-0.3, -0.25) is 9.67 Å². The zero-order chi connectivity index (χ0) is 13.9. The summed E-state index contributed by atoms with van der Waals surface area (Å²) in [5, 5.41) is 7.13. The summed E-state index contributed by atoms with van der Waals surface area (Å²) in [5.74, 6) is 0.973. The predicted octanol–water partition coefficient (Wildman–Crippen LogP) is 3.48. The van der Waals surface area contributed by atoms with Gasteiger partial charge in [-0.2, -0.15) is 5.10 Å². The molecule has 3 rings (SSSR count). The number of piperidine rings is 1. The van der Waals surface area contributed by atoms with Gasteiger partial charge in [0.15, 0.2) is 4.77 Å². The van der Waals surface area contributed by atoms with Gasteiger partial charge < -0.3 is 4.90 Å². The van der Waals surface area contributed by atoms with E-state index in [-0.39, 0.29) is 0 Å². The lowest BCUT2D eigenvalue weighted by atomic mass is 10.1. The SMILES string of the molecule is CCc1n[nH]c(=S)n1-c1ccc(N2CCCCC2)cc1. The summed E-state index contributed by atoms with van der Waals surface area (Å²) in [6.45, 7) is 4.43. The summed E-state index contributed by atoms with van der Waals surface area (Å²) in [4.78, 5) is 2.46. The molecule has 1 aliphatic heterocycles. The molecule has 0 unspecified atom stereocenters. The molecule has 2 aromatic rings. The number of hydrogen-bond donors (Lipinski definition) is 1. The molecule has 20 heavy (non-hydrogen) atoms. The van der Waals surface area contributed by atoms with Crippen molar-refractivity contribution >= 4 is 17.9 Å². The molecule has 1 aliphatic rings. The van der Waals surface area contributed by atoms with Crippen molar-refractivity contribution in [2.45, 2.75) is 32.6 Å². The molecule has 1 aromatic heterocycles. The van der Waals surface area contributed by atoms with E-state index in [1.807, 2.05) is 4.57 Å². The average Bonchev–Trinajstić information content (AvgIpc) is 2.89. The molecule has 0 spiro atoms. The monoisotopic (exact) mass is 288 g/mol. The van der Waals surface area contributed by atoms with Gasteiger partial charge in [0.2, 0.25) is 0 Å². The van der Waals surface area contributed by atoms with Crippen LogP contribution in [0.25, 0.3) is 5.69 Å². The van der Waals surface area contributed by atoms with E-state index in [2.05, 4.69) is 46.3 Å². The van der Waals surface area contributed by atoms with E-state index in [0.717, 1.165) is 17.9 Å². The van der Waals surface area contributed by atoms with Gasteiger partial charge in [0.05, 0.1) is 0 Å². The van der Waals surface area contributed by atoms with Crippen LogP contribution in [0.5, 0.6) is 0 Å². The van der Waals surface area contributed by atoms with Gasteiger partial charge in [-0.15, -0.1) is 0 Å². The van der Waals surface area contributed by atoms with Crippen molar-refractivity contribution in [3.8, 4) is 5.69 Å². The van der Waals surface area contributed by atoms with E-state index >= 15 is 0 Å². The quantitative estimate of drug-likeness (QED) is 0.879. The van der Waals surface area contributed by atoms with Crippen LogP contribution in [-0.4, -0.2) is 27.9 Å². The smallest absolute Gasteiger partial charge is 0.199 e. The Bertz CT molecular complexity index is 620. The highest BCUT2D eigenvalue weighted by molar-refractivity contribution is 7.71. The van der Waals surface area contributed by atoms with E-state index in [1.165, 1.54) is 38.0 Å². The number of nitrogens with zero attached hydrogens (tertiary/aromatic N) is 3. The summed E-state index contributed by atoms with van der Waals surface area (Å²) >= 11 is 5.31. The van der Waals surface area contributed by atoms with Crippen molar-refractivity contribution in [3.63, 3.8) is 0 Å². The van der Waals surface area contributed by atoms with Gasteiger partial charge >= 0.3 is 0 Å². The number of anilines is 1. The van der Waals surface area contributed by atoms with Crippen LogP contribution in [0, 0.1) is 4.77 Å². The molecular formula is C15H20N4S. The lowest BCUT2D eigenvalue weighted by Crippen LogP contribution is -2.29. The topological polar surface area (TPSA) is 36.9 Å². The molecule has 0 atom stereocenters. The van der Waals surface area contributed by atoms with Gasteiger partial charge in [-0.05, 0) is 55.7 Å². The minimum atomic E-state index is 0.660. The summed E-state index contributed by atoms with van der Waals surface area (Å²) < 4.78 is 2.67. The average molecular weight is 288 g/mol. The fourth-order valence-corrected chi connectivity index (χ4v) is 3.05. The number of benzene rings is 1. The Kier molecular flexibility index (Phi) is 3.87. The molecule has 1 fully saturated rings. The lowest BCUT2D eigenvalue weighted by Gasteiger charge is -2.28. The lowest BCUT2D eigenvalue weighted by molar-refractivity contribution is 0.578. The van der Waals surface area contributed by atoms with Gasteiger partial charge in [0, 0.05) is 30.9 Å². The number of nitrogens with one attached hydrogen (secondary N) is 1. The van der Waals surface area contributed by atoms with Gasteiger partial charge in [-0.25, -0.2) is 0 Å². The molecule has 4 nitrogen and oxygen atoms in total. The fourth-order valence-electron chi connectivity index (χ4n) is 2.80. The molecule has 0 saturated carbocycles. The van der Waals surface area contributed by atoms with Crippen molar-refractivity contribution in [2.24, 2.45) is 0 Å². The molecular weight excluding hydrogens is 268 g/mol. The first kappa shape index (κ1) is 13.4. The van der Waals surface area contributed by atoms with Crippen molar-refractivity contribution in [3.05, 3.63) is 34.9 Å². The van der Waals surface area contributed by atoms with Crippen LogP contribution in [-0.2, 0) is 6.42 Å². The van der Waals surface area contributed by atoms with Crippen molar-refractivity contribution in [2.75, 3.05) is 18.0 Å². The van der Waals surface area contributed by atoms with E-state index in [4.69, 9.17) is 12.2 Å². The zero-order valence-electron chi connectivity index (χ0n) is 11.8. The number of H-pyrrole nitrogens is 1. The second-order valence-electron chi connectivity index (χ2n) is 5.20. The Balaban J connectivity index is 1.89. The summed E-state index contributed by atoms with van der Waals surface area (Å²) in [6.07, 6.45) is 4.82. The van der Waals surface area contributed by atoms with Crippen LogP contribution in [0.2, 0.25) is 0 Å². The fraction of sp³-hybridized carbons (Fsp3) is 0.467. The number of hydrogen-bond acceptors (Lipinski definition) is 3. The first-order valence-corrected chi connectivity index (χ1v) is 7.72. The minimum absolute atomic E-state index is 0.660. The number of aromatic nitrogens is 3. The summed E-state index contributed by atoms with van der Waals surface area (Å²) in [6, 6.07) is 8.65. The minimum Gasteiger partial charge on any atom is -0.372 e. The first-order valence-electron chi connectivity index (χ1n) is 7.31. The zero-order valence-corrected chi connectivity index (χ0v) is 12.6. The molecule has 106 valence electrons. The predicted molar refractivity (Wildman–Crippen MR) is 84.2 cm³/mol. The standard InChI is InChI=1S/C15H20N4S/c1-2-14-16-17-15(20)19(14)13-8-6-12(7-9-13)18-10-4-3-5-11-18/h6-9H,2-5,10-11H2,1H3,(H,17,20). The molecule has 1 saturated heterocycles. The maximum atomic E-state index is 5.31. The third-order valence-electron chi connectivity index (χ3n) is 3.89. The van der Waals surface area contributed by atoms with E-state index in [0.29, 0.717) is 4.77 Å². The molecule has 0 aliphatic carbocycles. The highest BCUT2D eigenvalue weighted by Crippen LogP contribution is 2.22. The van der Waals surface area contributed by atoms with E-state index in [1.54, 1.807) is 0 Å².